The van der Waals surface area contributed by atoms with Gasteiger partial charge in [0.25, 0.3) is 0 Å². The Hall–Kier alpha value is 0.500. The van der Waals surface area contributed by atoms with Crippen LogP contribution in [-0.2, 0) is 0 Å². The summed E-state index contributed by atoms with van der Waals surface area (Å²) in [5.74, 6) is 1.03. The fourth-order valence-corrected chi connectivity index (χ4v) is 2.16. The minimum atomic E-state index is 0. The van der Waals surface area contributed by atoms with E-state index in [9.17, 15) is 0 Å². The number of nitrogens with zero attached hydrogens (tertiary/aromatic N) is 1. The molecule has 1 N–H and O–H groups in total. The van der Waals surface area contributed by atoms with Gasteiger partial charge in [-0.15, -0.1) is 24.8 Å². The molecule has 0 bridgehead atoms. The fraction of sp³-hybridized carbons (Fsp3) is 1.00. The van der Waals surface area contributed by atoms with Gasteiger partial charge in [0.15, 0.2) is 0 Å². The maximum absolute atomic E-state index is 3.43. The van der Waals surface area contributed by atoms with E-state index in [1.165, 1.54) is 45.4 Å². The molecule has 1 saturated carbocycles. The largest absolute Gasteiger partial charge is 0.314 e. The lowest BCUT2D eigenvalue weighted by Crippen LogP contribution is -2.51. The molecule has 0 radical (unpaired) electrons. The van der Waals surface area contributed by atoms with Crippen molar-refractivity contribution in [2.24, 2.45) is 5.92 Å². The van der Waals surface area contributed by atoms with Crippen molar-refractivity contribution >= 4 is 24.8 Å². The zero-order valence-electron chi connectivity index (χ0n) is 8.87. The lowest BCUT2D eigenvalue weighted by Gasteiger charge is -2.38. The zero-order chi connectivity index (χ0) is 8.39. The van der Waals surface area contributed by atoms with E-state index in [2.05, 4.69) is 17.1 Å². The average Bonchev–Trinajstić information content (AvgIpc) is 2.00. The number of hydrogen-bond donors (Lipinski definition) is 1. The standard InChI is InChI=1S/C10H20N2.2ClH/c1-9-7-11-5-6-12(9)8-10-3-2-4-10;;/h9-11H,2-8H2,1H3;2*1H. The predicted molar refractivity (Wildman–Crippen MR) is 65.7 cm³/mol. The summed E-state index contributed by atoms with van der Waals surface area (Å²) < 4.78 is 0. The summed E-state index contributed by atoms with van der Waals surface area (Å²) in [5.41, 5.74) is 0. The topological polar surface area (TPSA) is 15.3 Å². The normalized spacial score (nSPS) is 28.5. The van der Waals surface area contributed by atoms with Crippen molar-refractivity contribution in [3.8, 4) is 0 Å². The minimum absolute atomic E-state index is 0. The molecule has 1 unspecified atom stereocenters. The summed E-state index contributed by atoms with van der Waals surface area (Å²) >= 11 is 0. The average molecular weight is 241 g/mol. The maximum atomic E-state index is 3.43. The maximum Gasteiger partial charge on any atom is 0.0193 e. The van der Waals surface area contributed by atoms with E-state index in [1.807, 2.05) is 0 Å². The van der Waals surface area contributed by atoms with Gasteiger partial charge in [0.2, 0.25) is 0 Å². The molecule has 1 heterocycles. The van der Waals surface area contributed by atoms with Crippen molar-refractivity contribution in [1.29, 1.82) is 0 Å². The lowest BCUT2D eigenvalue weighted by molar-refractivity contribution is 0.119. The molecule has 1 atom stereocenters. The molecule has 0 aromatic heterocycles. The molecule has 0 aromatic carbocycles. The molecule has 0 amide bonds. The molecule has 2 aliphatic rings. The summed E-state index contributed by atoms with van der Waals surface area (Å²) in [7, 11) is 0. The summed E-state index contributed by atoms with van der Waals surface area (Å²) in [4.78, 5) is 2.65. The van der Waals surface area contributed by atoms with Gasteiger partial charge in [-0.1, -0.05) is 6.42 Å². The van der Waals surface area contributed by atoms with Crippen LogP contribution in [0.2, 0.25) is 0 Å². The fourth-order valence-electron chi connectivity index (χ4n) is 2.16. The minimum Gasteiger partial charge on any atom is -0.314 e. The van der Waals surface area contributed by atoms with Crippen molar-refractivity contribution in [2.45, 2.75) is 32.2 Å². The highest BCUT2D eigenvalue weighted by Crippen LogP contribution is 2.27. The number of piperazine rings is 1. The Morgan fingerprint density at radius 3 is 2.50 bits per heavy atom. The van der Waals surface area contributed by atoms with E-state index in [1.54, 1.807) is 0 Å². The first kappa shape index (κ1) is 14.5. The molecule has 1 aliphatic carbocycles. The van der Waals surface area contributed by atoms with Gasteiger partial charge >= 0.3 is 0 Å². The summed E-state index contributed by atoms with van der Waals surface area (Å²) in [6, 6.07) is 0.763. The SMILES string of the molecule is CC1CNCCN1CC1CCC1.Cl.Cl. The molecule has 86 valence electrons. The van der Waals surface area contributed by atoms with Crippen LogP contribution in [0.4, 0.5) is 0 Å². The Bertz CT molecular complexity index is 151. The first-order chi connectivity index (χ1) is 5.86. The summed E-state index contributed by atoms with van der Waals surface area (Å²) in [6.07, 6.45) is 4.44. The third-order valence-electron chi connectivity index (χ3n) is 3.36. The molecule has 2 nitrogen and oxygen atoms in total. The van der Waals surface area contributed by atoms with Crippen LogP contribution in [0.25, 0.3) is 0 Å². The van der Waals surface area contributed by atoms with Crippen LogP contribution in [-0.4, -0.2) is 37.1 Å². The van der Waals surface area contributed by atoms with Crippen molar-refractivity contribution in [3.05, 3.63) is 0 Å². The van der Waals surface area contributed by atoms with Gasteiger partial charge < -0.3 is 5.32 Å². The van der Waals surface area contributed by atoms with Crippen molar-refractivity contribution in [1.82, 2.24) is 10.2 Å². The second-order valence-electron chi connectivity index (χ2n) is 4.35. The van der Waals surface area contributed by atoms with Gasteiger partial charge in [0.05, 0.1) is 0 Å². The van der Waals surface area contributed by atoms with Gasteiger partial charge in [-0.3, -0.25) is 4.90 Å². The van der Waals surface area contributed by atoms with Crippen LogP contribution in [0.3, 0.4) is 0 Å². The first-order valence-electron chi connectivity index (χ1n) is 5.31. The number of halogens is 2. The van der Waals surface area contributed by atoms with Crippen molar-refractivity contribution in [2.75, 3.05) is 26.2 Å². The summed E-state index contributed by atoms with van der Waals surface area (Å²) in [6.45, 7) is 7.34. The monoisotopic (exact) mass is 240 g/mol. The molecular weight excluding hydrogens is 219 g/mol. The molecule has 2 fully saturated rings. The molecule has 2 rings (SSSR count). The number of hydrogen-bond acceptors (Lipinski definition) is 2. The third kappa shape index (κ3) is 3.58. The highest BCUT2D eigenvalue weighted by molar-refractivity contribution is 5.85. The van der Waals surface area contributed by atoms with Crippen LogP contribution in [0.15, 0.2) is 0 Å². The quantitative estimate of drug-likeness (QED) is 0.794. The van der Waals surface area contributed by atoms with Crippen LogP contribution in [0.5, 0.6) is 0 Å². The van der Waals surface area contributed by atoms with Crippen LogP contribution < -0.4 is 5.32 Å². The summed E-state index contributed by atoms with van der Waals surface area (Å²) in [5, 5.41) is 3.43. The van der Waals surface area contributed by atoms with E-state index < -0.39 is 0 Å². The van der Waals surface area contributed by atoms with Crippen molar-refractivity contribution < 1.29 is 0 Å². The molecule has 1 aliphatic heterocycles. The first-order valence-corrected chi connectivity index (χ1v) is 5.31. The van der Waals surface area contributed by atoms with Crippen LogP contribution >= 0.6 is 24.8 Å². The van der Waals surface area contributed by atoms with Crippen LogP contribution in [0, 0.1) is 5.92 Å². The predicted octanol–water partition coefficient (Wildman–Crippen LogP) is 1.92. The van der Waals surface area contributed by atoms with E-state index in [0.29, 0.717) is 0 Å². The molecule has 0 aromatic rings. The molecule has 1 saturated heterocycles. The Labute approximate surface area is 99.6 Å². The van der Waals surface area contributed by atoms with E-state index >= 15 is 0 Å². The zero-order valence-corrected chi connectivity index (χ0v) is 10.5. The second-order valence-corrected chi connectivity index (χ2v) is 4.35. The van der Waals surface area contributed by atoms with E-state index in [0.717, 1.165) is 12.0 Å². The van der Waals surface area contributed by atoms with Gasteiger partial charge in [0, 0.05) is 32.2 Å². The van der Waals surface area contributed by atoms with Gasteiger partial charge in [-0.05, 0) is 25.7 Å². The van der Waals surface area contributed by atoms with E-state index in [-0.39, 0.29) is 24.8 Å². The Morgan fingerprint density at radius 1 is 1.29 bits per heavy atom. The van der Waals surface area contributed by atoms with E-state index in [4.69, 9.17) is 0 Å². The Balaban J connectivity index is 0.000000845. The van der Waals surface area contributed by atoms with Gasteiger partial charge in [0.1, 0.15) is 0 Å². The molecular formula is C10H22Cl2N2. The molecule has 4 heteroatoms. The van der Waals surface area contributed by atoms with Gasteiger partial charge in [-0.2, -0.15) is 0 Å². The Kier molecular flexibility index (Phi) is 7.13. The Morgan fingerprint density at radius 2 is 2.00 bits per heavy atom. The lowest BCUT2D eigenvalue weighted by atomic mass is 9.85. The van der Waals surface area contributed by atoms with Gasteiger partial charge in [-0.25, -0.2) is 0 Å². The molecule has 14 heavy (non-hydrogen) atoms. The smallest absolute Gasteiger partial charge is 0.0193 e. The van der Waals surface area contributed by atoms with Crippen molar-refractivity contribution in [3.63, 3.8) is 0 Å². The van der Waals surface area contributed by atoms with Crippen LogP contribution in [0.1, 0.15) is 26.2 Å². The highest BCUT2D eigenvalue weighted by Gasteiger charge is 2.24. The number of rotatable bonds is 2. The third-order valence-corrected chi connectivity index (χ3v) is 3.36. The second kappa shape index (κ2) is 6.89. The highest BCUT2D eigenvalue weighted by atomic mass is 35.5. The molecule has 0 spiro atoms. The number of nitrogens with one attached hydrogen (secondary N) is 1.